The summed E-state index contributed by atoms with van der Waals surface area (Å²) in [4.78, 5) is 4.16. The fourth-order valence-electron chi connectivity index (χ4n) is 2.23. The Bertz CT molecular complexity index is 478. The minimum Gasteiger partial charge on any atom is -0.261 e. The Labute approximate surface area is 117 Å². The zero-order chi connectivity index (χ0) is 13.0. The fraction of sp³-hybridized carbons (Fsp3) is 0.583. The van der Waals surface area contributed by atoms with Crippen molar-refractivity contribution in [2.45, 2.75) is 25.3 Å². The predicted octanol–water partition coefficient (Wildman–Crippen LogP) is 1.81. The van der Waals surface area contributed by atoms with Crippen LogP contribution in [-0.4, -0.2) is 41.4 Å². The standard InChI is InChI=1S/C12H17BrN2O2S/c13-10-12-5-3-8-15(12)18(16,17)9-6-11-4-1-2-7-14-11/h1-2,4,7,12H,3,5-6,8-10H2. The summed E-state index contributed by atoms with van der Waals surface area (Å²) in [6.07, 6.45) is 4.08. The van der Waals surface area contributed by atoms with Crippen molar-refractivity contribution < 1.29 is 8.42 Å². The topological polar surface area (TPSA) is 50.3 Å². The van der Waals surface area contributed by atoms with E-state index in [-0.39, 0.29) is 11.8 Å². The highest BCUT2D eigenvalue weighted by molar-refractivity contribution is 9.09. The molecule has 0 aromatic carbocycles. The zero-order valence-electron chi connectivity index (χ0n) is 10.1. The summed E-state index contributed by atoms with van der Waals surface area (Å²) in [6, 6.07) is 5.70. The van der Waals surface area contributed by atoms with Crippen molar-refractivity contribution in [1.82, 2.24) is 9.29 Å². The quantitative estimate of drug-likeness (QED) is 0.773. The van der Waals surface area contributed by atoms with Crippen molar-refractivity contribution in [3.63, 3.8) is 0 Å². The fourth-order valence-corrected chi connectivity index (χ4v) is 4.83. The van der Waals surface area contributed by atoms with Gasteiger partial charge in [0.1, 0.15) is 0 Å². The Morgan fingerprint density at radius 2 is 2.28 bits per heavy atom. The lowest BCUT2D eigenvalue weighted by molar-refractivity contribution is 0.413. The Kier molecular flexibility index (Phi) is 4.75. The lowest BCUT2D eigenvalue weighted by Crippen LogP contribution is -2.38. The normalized spacial score (nSPS) is 21.3. The highest BCUT2D eigenvalue weighted by atomic mass is 79.9. The lowest BCUT2D eigenvalue weighted by Gasteiger charge is -2.22. The van der Waals surface area contributed by atoms with Gasteiger partial charge < -0.3 is 0 Å². The van der Waals surface area contributed by atoms with Gasteiger partial charge in [-0.2, -0.15) is 4.31 Å². The Hall–Kier alpha value is -0.460. The molecule has 2 heterocycles. The average Bonchev–Trinajstić information content (AvgIpc) is 2.87. The molecule has 0 radical (unpaired) electrons. The molecule has 18 heavy (non-hydrogen) atoms. The van der Waals surface area contributed by atoms with E-state index in [2.05, 4.69) is 20.9 Å². The maximum atomic E-state index is 12.3. The molecular weight excluding hydrogens is 316 g/mol. The molecule has 2 rings (SSSR count). The number of hydrogen-bond donors (Lipinski definition) is 0. The van der Waals surface area contributed by atoms with E-state index in [1.165, 1.54) is 0 Å². The van der Waals surface area contributed by atoms with Crippen LogP contribution >= 0.6 is 15.9 Å². The van der Waals surface area contributed by atoms with Crippen LogP contribution in [0.2, 0.25) is 0 Å². The summed E-state index contributed by atoms with van der Waals surface area (Å²) in [5.74, 6) is 0.146. The van der Waals surface area contributed by atoms with Crippen LogP contribution in [0.5, 0.6) is 0 Å². The predicted molar refractivity (Wildman–Crippen MR) is 75.2 cm³/mol. The van der Waals surface area contributed by atoms with Gasteiger partial charge in [-0.05, 0) is 25.0 Å². The van der Waals surface area contributed by atoms with Gasteiger partial charge in [-0.25, -0.2) is 8.42 Å². The van der Waals surface area contributed by atoms with Gasteiger partial charge in [-0.15, -0.1) is 0 Å². The molecular formula is C12H17BrN2O2S. The number of sulfonamides is 1. The first kappa shape index (κ1) is 14.0. The number of alkyl halides is 1. The first-order chi connectivity index (χ1) is 8.63. The second-order valence-electron chi connectivity index (χ2n) is 4.45. The minimum absolute atomic E-state index is 0.124. The van der Waals surface area contributed by atoms with E-state index in [1.54, 1.807) is 10.5 Å². The van der Waals surface area contributed by atoms with Gasteiger partial charge in [0.2, 0.25) is 10.0 Å². The van der Waals surface area contributed by atoms with Gasteiger partial charge in [-0.1, -0.05) is 22.0 Å². The van der Waals surface area contributed by atoms with E-state index in [0.29, 0.717) is 13.0 Å². The second kappa shape index (κ2) is 6.12. The highest BCUT2D eigenvalue weighted by Gasteiger charge is 2.32. The largest absolute Gasteiger partial charge is 0.261 e. The molecule has 0 bridgehead atoms. The molecule has 100 valence electrons. The molecule has 0 saturated carbocycles. The van der Waals surface area contributed by atoms with Crippen molar-refractivity contribution in [3.8, 4) is 0 Å². The number of aryl methyl sites for hydroxylation is 1. The highest BCUT2D eigenvalue weighted by Crippen LogP contribution is 2.23. The van der Waals surface area contributed by atoms with Crippen LogP contribution in [0.3, 0.4) is 0 Å². The molecule has 4 nitrogen and oxygen atoms in total. The van der Waals surface area contributed by atoms with E-state index >= 15 is 0 Å². The van der Waals surface area contributed by atoms with Crippen molar-refractivity contribution in [2.24, 2.45) is 0 Å². The van der Waals surface area contributed by atoms with Crippen LogP contribution < -0.4 is 0 Å². The molecule has 1 aliphatic heterocycles. The smallest absolute Gasteiger partial charge is 0.214 e. The molecule has 0 amide bonds. The lowest BCUT2D eigenvalue weighted by atomic mass is 10.3. The number of halogens is 1. The number of rotatable bonds is 5. The van der Waals surface area contributed by atoms with Gasteiger partial charge in [0.25, 0.3) is 0 Å². The minimum atomic E-state index is -3.16. The van der Waals surface area contributed by atoms with E-state index < -0.39 is 10.0 Å². The van der Waals surface area contributed by atoms with E-state index in [9.17, 15) is 8.42 Å². The Morgan fingerprint density at radius 3 is 2.94 bits per heavy atom. The van der Waals surface area contributed by atoms with Crippen LogP contribution in [0, 0.1) is 0 Å². The van der Waals surface area contributed by atoms with Crippen LogP contribution in [0.25, 0.3) is 0 Å². The van der Waals surface area contributed by atoms with Gasteiger partial charge in [0.15, 0.2) is 0 Å². The van der Waals surface area contributed by atoms with Crippen LogP contribution in [-0.2, 0) is 16.4 Å². The summed E-state index contributed by atoms with van der Waals surface area (Å²) in [6.45, 7) is 0.654. The van der Waals surface area contributed by atoms with E-state index in [4.69, 9.17) is 0 Å². The van der Waals surface area contributed by atoms with Crippen LogP contribution in [0.1, 0.15) is 18.5 Å². The van der Waals surface area contributed by atoms with Crippen LogP contribution in [0.15, 0.2) is 24.4 Å². The molecule has 0 aliphatic carbocycles. The van der Waals surface area contributed by atoms with Gasteiger partial charge in [0.05, 0.1) is 5.75 Å². The molecule has 1 aliphatic rings. The third kappa shape index (κ3) is 3.30. The molecule has 0 N–H and O–H groups in total. The first-order valence-electron chi connectivity index (χ1n) is 6.09. The average molecular weight is 333 g/mol. The van der Waals surface area contributed by atoms with Gasteiger partial charge >= 0.3 is 0 Å². The zero-order valence-corrected chi connectivity index (χ0v) is 12.5. The SMILES string of the molecule is O=S(=O)(CCc1ccccn1)N1CCCC1CBr. The van der Waals surface area contributed by atoms with E-state index in [1.807, 2.05) is 18.2 Å². The molecule has 6 heteroatoms. The first-order valence-corrected chi connectivity index (χ1v) is 8.82. The number of aromatic nitrogens is 1. The molecule has 0 spiro atoms. The molecule has 1 unspecified atom stereocenters. The summed E-state index contributed by atoms with van der Waals surface area (Å²) >= 11 is 3.39. The summed E-state index contributed by atoms with van der Waals surface area (Å²) in [7, 11) is -3.16. The Balaban J connectivity index is 1.99. The number of hydrogen-bond acceptors (Lipinski definition) is 3. The summed E-state index contributed by atoms with van der Waals surface area (Å²) < 4.78 is 26.1. The van der Waals surface area contributed by atoms with Crippen molar-refractivity contribution >= 4 is 26.0 Å². The van der Waals surface area contributed by atoms with Crippen LogP contribution in [0.4, 0.5) is 0 Å². The van der Waals surface area contributed by atoms with E-state index in [0.717, 1.165) is 23.9 Å². The third-order valence-electron chi connectivity index (χ3n) is 3.20. The molecule has 1 aromatic rings. The molecule has 1 atom stereocenters. The summed E-state index contributed by atoms with van der Waals surface area (Å²) in [5.41, 5.74) is 0.829. The molecule has 1 fully saturated rings. The van der Waals surface area contributed by atoms with Gasteiger partial charge in [-0.3, -0.25) is 4.98 Å². The monoisotopic (exact) mass is 332 g/mol. The maximum Gasteiger partial charge on any atom is 0.214 e. The summed E-state index contributed by atoms with van der Waals surface area (Å²) in [5, 5.41) is 0.718. The molecule has 1 aromatic heterocycles. The third-order valence-corrected chi connectivity index (χ3v) is 5.86. The number of pyridine rings is 1. The van der Waals surface area contributed by atoms with Gasteiger partial charge in [0, 0.05) is 36.2 Å². The van der Waals surface area contributed by atoms with Crippen molar-refractivity contribution in [2.75, 3.05) is 17.6 Å². The number of nitrogens with zero attached hydrogens (tertiary/aromatic N) is 2. The van der Waals surface area contributed by atoms with Crippen molar-refractivity contribution in [3.05, 3.63) is 30.1 Å². The molecule has 1 saturated heterocycles. The Morgan fingerprint density at radius 1 is 1.44 bits per heavy atom. The van der Waals surface area contributed by atoms with Crippen molar-refractivity contribution in [1.29, 1.82) is 0 Å². The second-order valence-corrected chi connectivity index (χ2v) is 7.14. The maximum absolute atomic E-state index is 12.3.